The lowest BCUT2D eigenvalue weighted by molar-refractivity contribution is 0.480. The molecule has 0 saturated heterocycles. The second kappa shape index (κ2) is 7.03. The maximum atomic E-state index is 5.93. The minimum absolute atomic E-state index is 0.195. The molecule has 0 N–H and O–H groups in total. The van der Waals surface area contributed by atoms with Crippen LogP contribution < -0.4 is 0 Å². The molecule has 0 aromatic heterocycles. The van der Waals surface area contributed by atoms with Crippen LogP contribution in [-0.2, 0) is 5.41 Å². The normalized spacial score (nSPS) is 11.8. The molecule has 0 nitrogen and oxygen atoms in total. The number of alkyl halides is 2. The highest BCUT2D eigenvalue weighted by Crippen LogP contribution is 2.34. The first-order chi connectivity index (χ1) is 7.68. The van der Waals surface area contributed by atoms with Crippen molar-refractivity contribution in [3.63, 3.8) is 0 Å². The highest BCUT2D eigenvalue weighted by Gasteiger charge is 2.29. The van der Waals surface area contributed by atoms with E-state index in [1.54, 1.807) is 0 Å². The Labute approximate surface area is 120 Å². The molecule has 3 heteroatoms. The lowest BCUT2D eigenvalue weighted by Crippen LogP contribution is -2.30. The van der Waals surface area contributed by atoms with Gasteiger partial charge in [-0.1, -0.05) is 75.4 Å². The molecule has 0 aliphatic carbocycles. The highest BCUT2D eigenvalue weighted by molar-refractivity contribution is 9.09. The summed E-state index contributed by atoms with van der Waals surface area (Å²) in [6.45, 7) is 2.23. The van der Waals surface area contributed by atoms with Crippen molar-refractivity contribution in [2.24, 2.45) is 0 Å². The predicted octanol–water partition coefficient (Wildman–Crippen LogP) is 5.56. The van der Waals surface area contributed by atoms with Crippen LogP contribution in [0.1, 0.15) is 31.7 Å². The van der Waals surface area contributed by atoms with Crippen LogP contribution in [0.2, 0.25) is 5.02 Å². The second-order valence-corrected chi connectivity index (χ2v) is 5.72. The smallest absolute Gasteiger partial charge is 0.0406 e. The molecule has 16 heavy (non-hydrogen) atoms. The van der Waals surface area contributed by atoms with Crippen LogP contribution in [0.15, 0.2) is 24.3 Å². The zero-order valence-corrected chi connectivity index (χ0v) is 13.4. The fraction of sp³-hybridized carbons (Fsp3) is 0.538. The summed E-state index contributed by atoms with van der Waals surface area (Å²) >= 11 is 13.2. The third-order valence-electron chi connectivity index (χ3n) is 2.98. The Hall–Kier alpha value is 0.470. The third-order valence-corrected chi connectivity index (χ3v) is 5.38. The van der Waals surface area contributed by atoms with Gasteiger partial charge < -0.3 is 0 Å². The van der Waals surface area contributed by atoms with E-state index in [1.165, 1.54) is 24.8 Å². The van der Waals surface area contributed by atoms with E-state index in [1.807, 2.05) is 12.1 Å². The molecule has 0 spiro atoms. The molecule has 1 rings (SSSR count). The van der Waals surface area contributed by atoms with E-state index in [4.69, 9.17) is 11.6 Å². The average molecular weight is 369 g/mol. The summed E-state index contributed by atoms with van der Waals surface area (Å²) in [5.74, 6) is 0. The summed E-state index contributed by atoms with van der Waals surface area (Å²) in [5.41, 5.74) is 1.56. The van der Waals surface area contributed by atoms with Gasteiger partial charge in [-0.2, -0.15) is 0 Å². The molecule has 0 amide bonds. The Morgan fingerprint density at radius 2 is 1.69 bits per heavy atom. The van der Waals surface area contributed by atoms with Crippen LogP contribution in [0.25, 0.3) is 0 Å². The number of hydrogen-bond donors (Lipinski definition) is 0. The van der Waals surface area contributed by atoms with E-state index < -0.39 is 0 Å². The number of unbranched alkanes of at least 4 members (excludes halogenated alkanes) is 1. The summed E-state index contributed by atoms with van der Waals surface area (Å²) in [6, 6.07) is 8.23. The molecule has 90 valence electrons. The van der Waals surface area contributed by atoms with Crippen LogP contribution in [-0.4, -0.2) is 10.7 Å². The van der Waals surface area contributed by atoms with E-state index >= 15 is 0 Å². The largest absolute Gasteiger partial charge is 0.0918 e. The van der Waals surface area contributed by atoms with Gasteiger partial charge in [0.2, 0.25) is 0 Å². The molecular formula is C13H17Br2Cl. The van der Waals surface area contributed by atoms with Crippen LogP contribution >= 0.6 is 43.5 Å². The molecule has 1 aromatic carbocycles. The number of benzene rings is 1. The van der Waals surface area contributed by atoms with Crippen molar-refractivity contribution < 1.29 is 0 Å². The van der Waals surface area contributed by atoms with Gasteiger partial charge in [0.1, 0.15) is 0 Å². The lowest BCUT2D eigenvalue weighted by Gasteiger charge is -2.30. The van der Waals surface area contributed by atoms with Gasteiger partial charge in [0.05, 0.1) is 0 Å². The zero-order valence-electron chi connectivity index (χ0n) is 9.48. The molecule has 0 unspecified atom stereocenters. The summed E-state index contributed by atoms with van der Waals surface area (Å²) in [7, 11) is 0. The Kier molecular flexibility index (Phi) is 6.38. The van der Waals surface area contributed by atoms with Crippen molar-refractivity contribution in [3.8, 4) is 0 Å². The van der Waals surface area contributed by atoms with Gasteiger partial charge in [-0.05, 0) is 24.1 Å². The molecule has 1 aromatic rings. The van der Waals surface area contributed by atoms with Gasteiger partial charge >= 0.3 is 0 Å². The van der Waals surface area contributed by atoms with E-state index in [2.05, 4.69) is 50.9 Å². The van der Waals surface area contributed by atoms with Crippen LogP contribution in [0, 0.1) is 0 Å². The van der Waals surface area contributed by atoms with Crippen LogP contribution in [0.3, 0.4) is 0 Å². The highest BCUT2D eigenvalue weighted by atomic mass is 79.9. The van der Waals surface area contributed by atoms with Gasteiger partial charge in [-0.3, -0.25) is 0 Å². The van der Waals surface area contributed by atoms with Crippen molar-refractivity contribution in [3.05, 3.63) is 34.9 Å². The van der Waals surface area contributed by atoms with Crippen LogP contribution in [0.4, 0.5) is 0 Å². The van der Waals surface area contributed by atoms with Crippen molar-refractivity contribution in [1.29, 1.82) is 0 Å². The van der Waals surface area contributed by atoms with Gasteiger partial charge in [-0.15, -0.1) is 0 Å². The zero-order chi connectivity index (χ0) is 12.0. The van der Waals surface area contributed by atoms with Crippen molar-refractivity contribution in [1.82, 2.24) is 0 Å². The maximum Gasteiger partial charge on any atom is 0.0406 e. The maximum absolute atomic E-state index is 5.93. The first-order valence-corrected chi connectivity index (χ1v) is 8.18. The summed E-state index contributed by atoms with van der Waals surface area (Å²) in [4.78, 5) is 0. The van der Waals surface area contributed by atoms with E-state index in [0.29, 0.717) is 0 Å². The van der Waals surface area contributed by atoms with Gasteiger partial charge in [0, 0.05) is 21.1 Å². The fourth-order valence-electron chi connectivity index (χ4n) is 1.79. The summed E-state index contributed by atoms with van der Waals surface area (Å²) in [5, 5.41) is 2.76. The van der Waals surface area contributed by atoms with E-state index in [0.717, 1.165) is 15.7 Å². The molecule has 0 aliphatic heterocycles. The van der Waals surface area contributed by atoms with E-state index in [-0.39, 0.29) is 5.41 Å². The first kappa shape index (κ1) is 14.5. The van der Waals surface area contributed by atoms with Gasteiger partial charge in [-0.25, -0.2) is 0 Å². The number of halogens is 3. The minimum Gasteiger partial charge on any atom is -0.0918 e. The van der Waals surface area contributed by atoms with Gasteiger partial charge in [0.25, 0.3) is 0 Å². The summed E-state index contributed by atoms with van der Waals surface area (Å²) < 4.78 is 0. The molecule has 0 aliphatic rings. The average Bonchev–Trinajstić information content (AvgIpc) is 2.33. The molecule has 0 radical (unpaired) electrons. The number of hydrogen-bond acceptors (Lipinski definition) is 0. The quantitative estimate of drug-likeness (QED) is 0.577. The van der Waals surface area contributed by atoms with Crippen molar-refractivity contribution in [2.45, 2.75) is 31.6 Å². The Morgan fingerprint density at radius 1 is 1.12 bits per heavy atom. The molecule has 0 fully saturated rings. The Bertz CT molecular complexity index is 304. The molecular weight excluding hydrogens is 351 g/mol. The number of rotatable bonds is 6. The predicted molar refractivity (Wildman–Crippen MR) is 80.2 cm³/mol. The Balaban J connectivity index is 2.95. The standard InChI is InChI=1S/C13H17Br2Cl/c1-2-3-8-13(9-14,10-15)11-4-6-12(16)7-5-11/h4-7H,2-3,8-10H2,1H3. The van der Waals surface area contributed by atoms with Crippen molar-refractivity contribution >= 4 is 43.5 Å². The molecule has 0 saturated carbocycles. The SMILES string of the molecule is CCCCC(CBr)(CBr)c1ccc(Cl)cc1. The molecule has 0 atom stereocenters. The summed E-state index contributed by atoms with van der Waals surface area (Å²) in [6.07, 6.45) is 3.68. The third kappa shape index (κ3) is 3.48. The molecule has 0 bridgehead atoms. The Morgan fingerprint density at radius 3 is 2.12 bits per heavy atom. The van der Waals surface area contributed by atoms with Crippen LogP contribution in [0.5, 0.6) is 0 Å². The topological polar surface area (TPSA) is 0 Å². The lowest BCUT2D eigenvalue weighted by atomic mass is 9.80. The van der Waals surface area contributed by atoms with Crippen molar-refractivity contribution in [2.75, 3.05) is 10.7 Å². The molecule has 0 heterocycles. The van der Waals surface area contributed by atoms with E-state index in [9.17, 15) is 0 Å². The first-order valence-electron chi connectivity index (χ1n) is 5.56. The monoisotopic (exact) mass is 366 g/mol. The van der Waals surface area contributed by atoms with Gasteiger partial charge in [0.15, 0.2) is 0 Å². The minimum atomic E-state index is 0.195. The fourth-order valence-corrected chi connectivity index (χ4v) is 4.05. The second-order valence-electron chi connectivity index (χ2n) is 4.16.